The summed E-state index contributed by atoms with van der Waals surface area (Å²) in [5, 5.41) is 6.12. The van der Waals surface area contributed by atoms with E-state index in [2.05, 4.69) is 42.9 Å². The fourth-order valence-electron chi connectivity index (χ4n) is 2.69. The predicted octanol–water partition coefficient (Wildman–Crippen LogP) is 4.12. The van der Waals surface area contributed by atoms with Gasteiger partial charge in [0.2, 0.25) is 0 Å². The molecule has 0 fully saturated rings. The van der Waals surface area contributed by atoms with Crippen LogP contribution in [0.15, 0.2) is 29.7 Å². The highest BCUT2D eigenvalue weighted by molar-refractivity contribution is 7.13. The first kappa shape index (κ1) is 20.8. The summed E-state index contributed by atoms with van der Waals surface area (Å²) in [6.45, 7) is 9.80. The Morgan fingerprint density at radius 2 is 2.07 bits per heavy atom. The average molecular weight is 389 g/mol. The van der Waals surface area contributed by atoms with Gasteiger partial charge in [-0.05, 0) is 39.8 Å². The Labute approximate surface area is 165 Å². The Balaban J connectivity index is 2.41. The van der Waals surface area contributed by atoms with Crippen molar-refractivity contribution in [1.29, 1.82) is 0 Å². The van der Waals surface area contributed by atoms with Crippen LogP contribution in [0.1, 0.15) is 43.7 Å². The van der Waals surface area contributed by atoms with Gasteiger partial charge in [-0.2, -0.15) is 0 Å². The molecule has 146 valence electrons. The first-order valence-electron chi connectivity index (χ1n) is 9.06. The van der Waals surface area contributed by atoms with E-state index in [4.69, 9.17) is 10.5 Å². The zero-order valence-corrected chi connectivity index (χ0v) is 17.4. The highest BCUT2D eigenvalue weighted by Crippen LogP contribution is 2.27. The van der Waals surface area contributed by atoms with Gasteiger partial charge < -0.3 is 20.7 Å². The SMILES string of the molecule is CCN(CC)/C(=C\C(=O)c1ccc(OC)cc1N)c1csc(NC(C)C)n1. The van der Waals surface area contributed by atoms with E-state index in [9.17, 15) is 4.79 Å². The lowest BCUT2D eigenvalue weighted by Gasteiger charge is -2.23. The van der Waals surface area contributed by atoms with Gasteiger partial charge in [0.25, 0.3) is 0 Å². The normalized spacial score (nSPS) is 11.6. The summed E-state index contributed by atoms with van der Waals surface area (Å²) >= 11 is 1.53. The van der Waals surface area contributed by atoms with Crippen LogP contribution in [-0.2, 0) is 0 Å². The molecule has 0 radical (unpaired) electrons. The molecule has 1 aromatic carbocycles. The number of nitrogens with two attached hydrogens (primary N) is 1. The molecule has 0 atom stereocenters. The Morgan fingerprint density at radius 1 is 1.37 bits per heavy atom. The number of nitrogen functional groups attached to an aromatic ring is 1. The van der Waals surface area contributed by atoms with Crippen LogP contribution in [0.3, 0.4) is 0 Å². The van der Waals surface area contributed by atoms with Crippen LogP contribution >= 0.6 is 11.3 Å². The average Bonchev–Trinajstić information content (AvgIpc) is 3.08. The predicted molar refractivity (Wildman–Crippen MR) is 114 cm³/mol. The van der Waals surface area contributed by atoms with Crippen LogP contribution in [0, 0.1) is 0 Å². The maximum atomic E-state index is 12.9. The number of ketones is 1. The molecule has 3 N–H and O–H groups in total. The third-order valence-electron chi connectivity index (χ3n) is 4.07. The zero-order valence-electron chi connectivity index (χ0n) is 16.6. The molecule has 27 heavy (non-hydrogen) atoms. The van der Waals surface area contributed by atoms with Crippen molar-refractivity contribution in [3.8, 4) is 5.75 Å². The van der Waals surface area contributed by atoms with Crippen molar-refractivity contribution >= 4 is 33.6 Å². The van der Waals surface area contributed by atoms with Crippen molar-refractivity contribution in [2.24, 2.45) is 0 Å². The number of ether oxygens (including phenoxy) is 1. The number of carbonyl (C=O) groups is 1. The summed E-state index contributed by atoms with van der Waals surface area (Å²) < 4.78 is 5.16. The van der Waals surface area contributed by atoms with Gasteiger partial charge >= 0.3 is 0 Å². The summed E-state index contributed by atoms with van der Waals surface area (Å²) in [7, 11) is 1.57. The van der Waals surface area contributed by atoms with Gasteiger partial charge in [0.15, 0.2) is 10.9 Å². The number of aromatic nitrogens is 1. The van der Waals surface area contributed by atoms with Crippen LogP contribution in [0.5, 0.6) is 5.75 Å². The number of allylic oxidation sites excluding steroid dienone is 1. The third kappa shape index (κ3) is 5.23. The fourth-order valence-corrected chi connectivity index (χ4v) is 3.54. The summed E-state index contributed by atoms with van der Waals surface area (Å²) in [6, 6.07) is 5.39. The monoisotopic (exact) mass is 388 g/mol. The molecule has 2 aromatic rings. The minimum absolute atomic E-state index is 0.150. The largest absolute Gasteiger partial charge is 0.497 e. The molecule has 0 spiro atoms. The van der Waals surface area contributed by atoms with E-state index in [0.29, 0.717) is 23.0 Å². The van der Waals surface area contributed by atoms with Crippen molar-refractivity contribution in [2.75, 3.05) is 31.2 Å². The standard InChI is InChI=1S/C20H28N4O2S/c1-6-24(7-2)18(17-12-27-20(23-17)22-13(3)4)11-19(25)15-9-8-14(26-5)10-16(15)21/h8-13H,6-7,21H2,1-5H3,(H,22,23)/b18-11-. The summed E-state index contributed by atoms with van der Waals surface area (Å²) in [6.07, 6.45) is 1.62. The van der Waals surface area contributed by atoms with E-state index < -0.39 is 0 Å². The first-order valence-corrected chi connectivity index (χ1v) is 9.94. The number of carbonyl (C=O) groups excluding carboxylic acids is 1. The Kier molecular flexibility index (Phi) is 7.24. The molecule has 0 unspecified atom stereocenters. The quantitative estimate of drug-likeness (QED) is 0.382. The highest BCUT2D eigenvalue weighted by atomic mass is 32.1. The molecule has 0 saturated heterocycles. The third-order valence-corrected chi connectivity index (χ3v) is 4.85. The lowest BCUT2D eigenvalue weighted by atomic mass is 10.1. The van der Waals surface area contributed by atoms with E-state index in [1.165, 1.54) is 11.3 Å². The minimum atomic E-state index is -0.150. The van der Waals surface area contributed by atoms with Gasteiger partial charge in [0.1, 0.15) is 5.75 Å². The molecular weight excluding hydrogens is 360 g/mol. The molecular formula is C20H28N4O2S. The second-order valence-electron chi connectivity index (χ2n) is 6.36. The van der Waals surface area contributed by atoms with Gasteiger partial charge in [-0.1, -0.05) is 0 Å². The second kappa shape index (κ2) is 9.41. The van der Waals surface area contributed by atoms with E-state index in [0.717, 1.165) is 29.6 Å². The number of hydrogen-bond acceptors (Lipinski definition) is 7. The van der Waals surface area contributed by atoms with Crippen molar-refractivity contribution in [1.82, 2.24) is 9.88 Å². The molecule has 7 heteroatoms. The van der Waals surface area contributed by atoms with Crippen LogP contribution in [-0.4, -0.2) is 41.9 Å². The van der Waals surface area contributed by atoms with E-state index in [-0.39, 0.29) is 5.78 Å². The maximum Gasteiger partial charge on any atom is 0.190 e. The van der Waals surface area contributed by atoms with Gasteiger partial charge in [-0.3, -0.25) is 4.79 Å². The Bertz CT molecular complexity index is 810. The number of rotatable bonds is 9. The first-order chi connectivity index (χ1) is 12.9. The van der Waals surface area contributed by atoms with Crippen LogP contribution in [0.2, 0.25) is 0 Å². The molecule has 6 nitrogen and oxygen atoms in total. The maximum absolute atomic E-state index is 12.9. The number of hydrogen-bond donors (Lipinski definition) is 2. The molecule has 0 aliphatic heterocycles. The fraction of sp³-hybridized carbons (Fsp3) is 0.400. The van der Waals surface area contributed by atoms with Gasteiger partial charge in [0, 0.05) is 47.9 Å². The van der Waals surface area contributed by atoms with Crippen LogP contribution in [0.4, 0.5) is 10.8 Å². The molecule has 0 aliphatic carbocycles. The highest BCUT2D eigenvalue weighted by Gasteiger charge is 2.17. The van der Waals surface area contributed by atoms with E-state index >= 15 is 0 Å². The van der Waals surface area contributed by atoms with Crippen molar-refractivity contribution in [3.63, 3.8) is 0 Å². The summed E-state index contributed by atoms with van der Waals surface area (Å²) in [5.74, 6) is 0.476. The van der Waals surface area contributed by atoms with E-state index in [1.807, 2.05) is 5.38 Å². The smallest absolute Gasteiger partial charge is 0.190 e. The number of nitrogens with zero attached hydrogens (tertiary/aromatic N) is 2. The number of nitrogens with one attached hydrogen (secondary N) is 1. The lowest BCUT2D eigenvalue weighted by Crippen LogP contribution is -2.22. The van der Waals surface area contributed by atoms with Crippen LogP contribution < -0.4 is 15.8 Å². The van der Waals surface area contributed by atoms with Crippen LogP contribution in [0.25, 0.3) is 5.70 Å². The molecule has 0 amide bonds. The zero-order chi connectivity index (χ0) is 20.0. The molecule has 0 bridgehead atoms. The van der Waals surface area contributed by atoms with Gasteiger partial charge in [0.05, 0.1) is 18.5 Å². The molecule has 0 saturated carbocycles. The van der Waals surface area contributed by atoms with E-state index in [1.54, 1.807) is 31.4 Å². The Morgan fingerprint density at radius 3 is 2.63 bits per heavy atom. The number of methoxy groups -OCH3 is 1. The minimum Gasteiger partial charge on any atom is -0.497 e. The van der Waals surface area contributed by atoms with Crippen molar-refractivity contribution in [2.45, 2.75) is 33.7 Å². The lowest BCUT2D eigenvalue weighted by molar-refractivity contribution is 0.104. The Hall–Kier alpha value is -2.54. The summed E-state index contributed by atoms with van der Waals surface area (Å²) in [4.78, 5) is 19.7. The second-order valence-corrected chi connectivity index (χ2v) is 7.21. The topological polar surface area (TPSA) is 80.5 Å². The van der Waals surface area contributed by atoms with Gasteiger partial charge in [-0.15, -0.1) is 11.3 Å². The molecule has 1 aromatic heterocycles. The van der Waals surface area contributed by atoms with Crippen molar-refractivity contribution in [3.05, 3.63) is 40.9 Å². The molecule has 2 rings (SSSR count). The number of anilines is 2. The van der Waals surface area contributed by atoms with Crippen molar-refractivity contribution < 1.29 is 9.53 Å². The van der Waals surface area contributed by atoms with Gasteiger partial charge in [-0.25, -0.2) is 4.98 Å². The summed E-state index contributed by atoms with van der Waals surface area (Å²) in [5.41, 5.74) is 8.48. The number of thiazole rings is 1. The number of benzene rings is 1. The molecule has 0 aliphatic rings. The molecule has 1 heterocycles.